The fourth-order valence-corrected chi connectivity index (χ4v) is 2.06. The molecule has 0 aromatic heterocycles. The number of carbonyl (C=O) groups excluding carboxylic acids is 1. The molecule has 0 spiro atoms. The highest BCUT2D eigenvalue weighted by Gasteiger charge is 2.16. The molecule has 116 valence electrons. The fraction of sp³-hybridized carbons (Fsp3) is 0.611. The smallest absolute Gasteiger partial charge is 0.159 e. The molecule has 0 fully saturated rings. The van der Waals surface area contributed by atoms with Crippen LogP contribution in [0.25, 0.3) is 0 Å². The van der Waals surface area contributed by atoms with E-state index < -0.39 is 0 Å². The predicted molar refractivity (Wildman–Crippen MR) is 88.7 cm³/mol. The zero-order chi connectivity index (χ0) is 16.3. The van der Waals surface area contributed by atoms with Gasteiger partial charge in [0.05, 0.1) is 12.9 Å². The topological polar surface area (TPSA) is 26.3 Å². The number of ether oxygens (including phenoxy) is 1. The van der Waals surface area contributed by atoms with Crippen LogP contribution in [0.2, 0.25) is 0 Å². The molecule has 0 unspecified atom stereocenters. The lowest BCUT2D eigenvalue weighted by Gasteiger charge is -2.19. The standard InChI is InChI=1S/C16H26O2.C2H6/c1-8-14(15(9-2)13(4)17)11-16(5,6)10-12(3)18-7;1-2/h9-11H,8H2,1-7H3;1-2H3/b12-10+,14-11-,15-9-;. The number of carbonyl (C=O) groups is 1. The van der Waals surface area contributed by atoms with Gasteiger partial charge in [-0.3, -0.25) is 4.79 Å². The van der Waals surface area contributed by atoms with Crippen LogP contribution in [0, 0.1) is 5.41 Å². The van der Waals surface area contributed by atoms with Crippen molar-refractivity contribution in [2.24, 2.45) is 5.41 Å². The van der Waals surface area contributed by atoms with Crippen molar-refractivity contribution in [1.29, 1.82) is 0 Å². The van der Waals surface area contributed by atoms with Gasteiger partial charge in [0.1, 0.15) is 0 Å². The molecule has 0 aromatic rings. The summed E-state index contributed by atoms with van der Waals surface area (Å²) in [5.41, 5.74) is 1.78. The third kappa shape index (κ3) is 7.98. The zero-order valence-corrected chi connectivity index (χ0v) is 14.8. The number of rotatable bonds is 6. The van der Waals surface area contributed by atoms with Gasteiger partial charge >= 0.3 is 0 Å². The summed E-state index contributed by atoms with van der Waals surface area (Å²) >= 11 is 0. The molecule has 0 atom stereocenters. The first-order chi connectivity index (χ1) is 9.27. The first-order valence-electron chi connectivity index (χ1n) is 7.40. The molecule has 0 aliphatic carbocycles. The minimum absolute atomic E-state index is 0.119. The Balaban J connectivity index is 0. The van der Waals surface area contributed by atoms with E-state index in [1.165, 1.54) is 0 Å². The lowest BCUT2D eigenvalue weighted by atomic mass is 9.86. The lowest BCUT2D eigenvalue weighted by Crippen LogP contribution is -2.09. The van der Waals surface area contributed by atoms with Crippen molar-refractivity contribution in [3.63, 3.8) is 0 Å². The minimum atomic E-state index is -0.130. The molecule has 0 radical (unpaired) electrons. The Labute approximate surface area is 125 Å². The van der Waals surface area contributed by atoms with Gasteiger partial charge in [0.15, 0.2) is 5.78 Å². The number of ketones is 1. The summed E-state index contributed by atoms with van der Waals surface area (Å²) < 4.78 is 5.19. The highest BCUT2D eigenvalue weighted by molar-refractivity contribution is 5.97. The van der Waals surface area contributed by atoms with E-state index in [2.05, 4.69) is 32.9 Å². The van der Waals surface area contributed by atoms with Gasteiger partial charge in [-0.1, -0.05) is 46.8 Å². The van der Waals surface area contributed by atoms with E-state index in [-0.39, 0.29) is 11.2 Å². The monoisotopic (exact) mass is 280 g/mol. The van der Waals surface area contributed by atoms with Crippen molar-refractivity contribution in [2.45, 2.75) is 61.8 Å². The van der Waals surface area contributed by atoms with E-state index in [9.17, 15) is 4.79 Å². The van der Waals surface area contributed by atoms with E-state index in [0.717, 1.165) is 23.3 Å². The maximum Gasteiger partial charge on any atom is 0.159 e. The number of allylic oxidation sites excluding steroid dienone is 6. The van der Waals surface area contributed by atoms with Gasteiger partial charge in [0.25, 0.3) is 0 Å². The molecule has 2 nitrogen and oxygen atoms in total. The molecular formula is C18H32O2. The predicted octanol–water partition coefficient (Wildman–Crippen LogP) is 5.46. The van der Waals surface area contributed by atoms with Crippen LogP contribution in [0.3, 0.4) is 0 Å². The van der Waals surface area contributed by atoms with E-state index >= 15 is 0 Å². The Morgan fingerprint density at radius 2 is 1.65 bits per heavy atom. The largest absolute Gasteiger partial charge is 0.502 e. The highest BCUT2D eigenvalue weighted by atomic mass is 16.5. The van der Waals surface area contributed by atoms with Crippen molar-refractivity contribution in [3.8, 4) is 0 Å². The summed E-state index contributed by atoms with van der Waals surface area (Å²) in [6, 6.07) is 0. The maximum absolute atomic E-state index is 11.6. The van der Waals surface area contributed by atoms with Gasteiger partial charge < -0.3 is 4.74 Å². The molecule has 0 N–H and O–H groups in total. The molecule has 20 heavy (non-hydrogen) atoms. The fourth-order valence-electron chi connectivity index (χ4n) is 2.06. The van der Waals surface area contributed by atoms with Crippen LogP contribution < -0.4 is 0 Å². The van der Waals surface area contributed by atoms with Crippen molar-refractivity contribution in [1.82, 2.24) is 0 Å². The lowest BCUT2D eigenvalue weighted by molar-refractivity contribution is -0.113. The van der Waals surface area contributed by atoms with Crippen LogP contribution >= 0.6 is 0 Å². The summed E-state index contributed by atoms with van der Waals surface area (Å²) in [5.74, 6) is 1.00. The van der Waals surface area contributed by atoms with Crippen LogP contribution in [0.1, 0.15) is 61.8 Å². The van der Waals surface area contributed by atoms with Crippen LogP contribution in [0.4, 0.5) is 0 Å². The third-order valence-corrected chi connectivity index (χ3v) is 2.84. The number of Topliss-reactive ketones (excluding diaryl/α,β-unsaturated/α-hetero) is 1. The maximum atomic E-state index is 11.6. The van der Waals surface area contributed by atoms with Crippen LogP contribution in [0.15, 0.2) is 35.1 Å². The molecule has 2 heteroatoms. The Hall–Kier alpha value is -1.31. The molecule has 0 saturated carbocycles. The summed E-state index contributed by atoms with van der Waals surface area (Å²) in [6.45, 7) is 15.7. The average molecular weight is 280 g/mol. The first-order valence-corrected chi connectivity index (χ1v) is 7.40. The van der Waals surface area contributed by atoms with E-state index in [1.54, 1.807) is 14.0 Å². The minimum Gasteiger partial charge on any atom is -0.502 e. The van der Waals surface area contributed by atoms with Gasteiger partial charge in [-0.25, -0.2) is 0 Å². The molecule has 0 amide bonds. The molecular weight excluding hydrogens is 248 g/mol. The van der Waals surface area contributed by atoms with E-state index in [4.69, 9.17) is 4.74 Å². The van der Waals surface area contributed by atoms with Gasteiger partial charge in [-0.15, -0.1) is 0 Å². The number of methoxy groups -OCH3 is 1. The molecule has 0 bridgehead atoms. The molecule has 0 aliphatic heterocycles. The number of hydrogen-bond donors (Lipinski definition) is 0. The van der Waals surface area contributed by atoms with E-state index in [1.807, 2.05) is 33.8 Å². The summed E-state index contributed by atoms with van der Waals surface area (Å²) in [4.78, 5) is 11.6. The Morgan fingerprint density at radius 1 is 1.15 bits per heavy atom. The van der Waals surface area contributed by atoms with Crippen molar-refractivity contribution in [2.75, 3.05) is 7.11 Å². The van der Waals surface area contributed by atoms with Gasteiger partial charge in [-0.05, 0) is 38.8 Å². The quantitative estimate of drug-likeness (QED) is 0.367. The van der Waals surface area contributed by atoms with Crippen LogP contribution in [0.5, 0.6) is 0 Å². The summed E-state index contributed by atoms with van der Waals surface area (Å²) in [5, 5.41) is 0. The van der Waals surface area contributed by atoms with Crippen molar-refractivity contribution in [3.05, 3.63) is 35.1 Å². The number of hydrogen-bond acceptors (Lipinski definition) is 2. The van der Waals surface area contributed by atoms with Crippen molar-refractivity contribution < 1.29 is 9.53 Å². The first kappa shape index (κ1) is 21.0. The Morgan fingerprint density at radius 3 is 1.95 bits per heavy atom. The van der Waals surface area contributed by atoms with Crippen LogP contribution in [-0.4, -0.2) is 12.9 Å². The van der Waals surface area contributed by atoms with Gasteiger partial charge in [0, 0.05) is 11.0 Å². The molecule has 0 saturated heterocycles. The van der Waals surface area contributed by atoms with Crippen LogP contribution in [-0.2, 0) is 9.53 Å². The molecule has 0 heterocycles. The highest BCUT2D eigenvalue weighted by Crippen LogP contribution is 2.27. The molecule has 0 aliphatic rings. The second kappa shape index (κ2) is 10.5. The Kier molecular flexibility index (Phi) is 11.0. The van der Waals surface area contributed by atoms with Gasteiger partial charge in [-0.2, -0.15) is 0 Å². The molecule has 0 rings (SSSR count). The third-order valence-electron chi connectivity index (χ3n) is 2.84. The average Bonchev–Trinajstić information content (AvgIpc) is 2.39. The van der Waals surface area contributed by atoms with Crippen molar-refractivity contribution >= 4 is 5.78 Å². The normalized spacial score (nSPS) is 13.6. The second-order valence-electron chi connectivity index (χ2n) is 5.06. The summed E-state index contributed by atoms with van der Waals surface area (Å²) in [6.07, 6.45) is 6.95. The van der Waals surface area contributed by atoms with Gasteiger partial charge in [0.2, 0.25) is 0 Å². The summed E-state index contributed by atoms with van der Waals surface area (Å²) in [7, 11) is 1.67. The second-order valence-corrected chi connectivity index (χ2v) is 5.06. The molecule has 0 aromatic carbocycles. The Bertz CT molecular complexity index is 382. The SMILES string of the molecule is C/C=C(C(C)=O)\C(=C/C(C)(C)/C=C(\C)OC)CC.CC. The zero-order valence-electron chi connectivity index (χ0n) is 14.8. The van der Waals surface area contributed by atoms with E-state index in [0.29, 0.717) is 0 Å².